The third-order valence-corrected chi connectivity index (χ3v) is 11.4. The van der Waals surface area contributed by atoms with E-state index in [1.165, 1.54) is 148 Å². The topological polar surface area (TPSA) is 110 Å². The summed E-state index contributed by atoms with van der Waals surface area (Å²) in [7, 11) is 0. The summed E-state index contributed by atoms with van der Waals surface area (Å²) in [5.74, 6) is -0.605. The van der Waals surface area contributed by atoms with Crippen LogP contribution >= 0.6 is 0 Å². The van der Waals surface area contributed by atoms with E-state index in [0.29, 0.717) is 19.3 Å². The van der Waals surface area contributed by atoms with Gasteiger partial charge in [0, 0.05) is 0 Å². The number of nitrogens with one attached hydrogen (secondary N) is 1. The van der Waals surface area contributed by atoms with Crippen LogP contribution in [0, 0.1) is 0 Å². The lowest BCUT2D eigenvalue weighted by Gasteiger charge is -2.27. The van der Waals surface area contributed by atoms with E-state index in [1.807, 2.05) is 0 Å². The lowest BCUT2D eigenvalue weighted by Crippen LogP contribution is -2.53. The number of unbranched alkanes of at least 4 members (excludes halogenated alkanes) is 27. The van der Waals surface area contributed by atoms with Crippen molar-refractivity contribution in [3.8, 4) is 0 Å². The van der Waals surface area contributed by atoms with Crippen LogP contribution < -0.4 is 5.32 Å². The normalized spacial score (nSPS) is 14.5. The average molecular weight is 828 g/mol. The van der Waals surface area contributed by atoms with Crippen molar-refractivity contribution in [3.05, 3.63) is 60.8 Å². The minimum atomic E-state index is -1.30. The van der Waals surface area contributed by atoms with Crippen LogP contribution in [0.1, 0.15) is 239 Å². The van der Waals surface area contributed by atoms with Gasteiger partial charge >= 0.3 is 0 Å². The van der Waals surface area contributed by atoms with E-state index in [2.05, 4.69) is 79.9 Å². The van der Waals surface area contributed by atoms with Crippen molar-refractivity contribution in [2.24, 2.45) is 0 Å². The second-order valence-electron chi connectivity index (χ2n) is 17.2. The van der Waals surface area contributed by atoms with Gasteiger partial charge in [-0.05, 0) is 89.9 Å². The van der Waals surface area contributed by atoms with E-state index in [4.69, 9.17) is 0 Å². The first-order chi connectivity index (χ1) is 29.0. The summed E-state index contributed by atoms with van der Waals surface area (Å²) in [6.45, 7) is 4.01. The largest absolute Gasteiger partial charge is 0.394 e. The first-order valence-electron chi connectivity index (χ1n) is 25.2. The maximum atomic E-state index is 12.5. The third kappa shape index (κ3) is 41.2. The molecule has 6 nitrogen and oxygen atoms in total. The molecule has 0 heterocycles. The van der Waals surface area contributed by atoms with Gasteiger partial charge in [0.25, 0.3) is 0 Å². The molecule has 1 amide bonds. The third-order valence-electron chi connectivity index (χ3n) is 11.4. The lowest BCUT2D eigenvalue weighted by atomic mass is 10.00. The van der Waals surface area contributed by atoms with Gasteiger partial charge in [-0.1, -0.05) is 209 Å². The highest BCUT2D eigenvalue weighted by Gasteiger charge is 2.28. The van der Waals surface area contributed by atoms with Crippen LogP contribution in [0.4, 0.5) is 0 Å². The van der Waals surface area contributed by atoms with E-state index in [1.54, 1.807) is 0 Å². The Morgan fingerprint density at radius 3 is 1.20 bits per heavy atom. The fraction of sp³-hybridized carbons (Fsp3) is 0.792. The Morgan fingerprint density at radius 2 is 0.763 bits per heavy atom. The molecule has 0 aliphatic heterocycles. The number of carbonyl (C=O) groups excluding carboxylic acids is 1. The standard InChI is InChI=1S/C53H97NO5/c1-3-5-7-9-11-13-15-17-19-21-23-24-25-26-27-28-29-31-32-34-36-38-40-42-44-46-50(56)52(58)49(48-55)54-53(59)51(57)47-45-43-41-39-37-35-33-30-22-20-18-16-14-12-10-8-6-4-2/h12,14,16,18,26-27,31-32,38,40,49-52,55-58H,3-11,13,15,17,19-25,28-30,33-37,39,41-48H2,1-2H3,(H,54,59)/b14-12-,18-16-,27-26+,32-31+,40-38+. The molecule has 344 valence electrons. The maximum absolute atomic E-state index is 12.5. The van der Waals surface area contributed by atoms with Crippen molar-refractivity contribution in [1.29, 1.82) is 0 Å². The van der Waals surface area contributed by atoms with E-state index >= 15 is 0 Å². The SMILES string of the molecule is CCCCC/C=C\C=C/CCCCCCCCCCCC(O)C(=O)NC(CO)C(O)C(O)CCC/C=C/CC/C=C/CC/C=C/CCCCCCCCCCCCCC. The average Bonchev–Trinajstić information content (AvgIpc) is 3.24. The Balaban J connectivity index is 3.79. The first kappa shape index (κ1) is 57.0. The van der Waals surface area contributed by atoms with Crippen LogP contribution in [-0.4, -0.2) is 57.3 Å². The summed E-state index contributed by atoms with van der Waals surface area (Å²) in [5.41, 5.74) is 0. The molecule has 0 saturated carbocycles. The molecule has 5 N–H and O–H groups in total. The number of aliphatic hydroxyl groups excluding tert-OH is 4. The van der Waals surface area contributed by atoms with E-state index in [-0.39, 0.29) is 0 Å². The Hall–Kier alpha value is -1.99. The van der Waals surface area contributed by atoms with E-state index in [0.717, 1.165) is 57.8 Å². The number of amides is 1. The van der Waals surface area contributed by atoms with Crippen LogP contribution in [0.15, 0.2) is 60.8 Å². The van der Waals surface area contributed by atoms with Gasteiger partial charge in [0.1, 0.15) is 12.2 Å². The fourth-order valence-corrected chi connectivity index (χ4v) is 7.43. The molecule has 0 radical (unpaired) electrons. The highest BCUT2D eigenvalue weighted by molar-refractivity contribution is 5.80. The predicted octanol–water partition coefficient (Wildman–Crippen LogP) is 14.0. The lowest BCUT2D eigenvalue weighted by molar-refractivity contribution is -0.132. The predicted molar refractivity (Wildman–Crippen MR) is 256 cm³/mol. The molecule has 4 unspecified atom stereocenters. The summed E-state index contributed by atoms with van der Waals surface area (Å²) in [5, 5.41) is 43.8. The summed E-state index contributed by atoms with van der Waals surface area (Å²) < 4.78 is 0. The maximum Gasteiger partial charge on any atom is 0.249 e. The molecular formula is C53H97NO5. The van der Waals surface area contributed by atoms with Gasteiger partial charge in [-0.3, -0.25) is 4.79 Å². The van der Waals surface area contributed by atoms with Crippen molar-refractivity contribution in [2.45, 2.75) is 263 Å². The molecule has 0 aliphatic carbocycles. The number of rotatable bonds is 45. The first-order valence-corrected chi connectivity index (χ1v) is 25.2. The Kier molecular flexibility index (Phi) is 45.5. The summed E-state index contributed by atoms with van der Waals surface area (Å²) in [4.78, 5) is 12.5. The Morgan fingerprint density at radius 1 is 0.424 bits per heavy atom. The van der Waals surface area contributed by atoms with Crippen LogP contribution in [0.25, 0.3) is 0 Å². The zero-order chi connectivity index (χ0) is 43.1. The number of allylic oxidation sites excluding steroid dienone is 10. The molecule has 0 spiro atoms. The molecular weight excluding hydrogens is 731 g/mol. The quantitative estimate of drug-likeness (QED) is 0.0239. The van der Waals surface area contributed by atoms with E-state index in [9.17, 15) is 25.2 Å². The molecule has 6 heteroatoms. The van der Waals surface area contributed by atoms with Crippen LogP contribution in [0.5, 0.6) is 0 Å². The molecule has 59 heavy (non-hydrogen) atoms. The summed E-state index contributed by atoms with van der Waals surface area (Å²) >= 11 is 0. The highest BCUT2D eigenvalue weighted by Crippen LogP contribution is 2.15. The molecule has 0 bridgehead atoms. The molecule has 0 aliphatic rings. The molecule has 4 atom stereocenters. The monoisotopic (exact) mass is 828 g/mol. The number of carbonyl (C=O) groups is 1. The molecule has 0 aromatic rings. The Bertz CT molecular complexity index is 1020. The van der Waals surface area contributed by atoms with Gasteiger partial charge in [-0.15, -0.1) is 0 Å². The number of hydrogen-bond donors (Lipinski definition) is 5. The molecule has 0 saturated heterocycles. The van der Waals surface area contributed by atoms with Gasteiger partial charge in [0.15, 0.2) is 0 Å². The minimum Gasteiger partial charge on any atom is -0.394 e. The smallest absolute Gasteiger partial charge is 0.249 e. The van der Waals surface area contributed by atoms with Crippen LogP contribution in [-0.2, 0) is 4.79 Å². The van der Waals surface area contributed by atoms with Crippen molar-refractivity contribution in [2.75, 3.05) is 6.61 Å². The zero-order valence-corrected chi connectivity index (χ0v) is 38.7. The summed E-state index contributed by atoms with van der Waals surface area (Å²) in [6.07, 6.45) is 59.8. The van der Waals surface area contributed by atoms with Gasteiger partial charge < -0.3 is 25.7 Å². The van der Waals surface area contributed by atoms with Gasteiger partial charge in [-0.25, -0.2) is 0 Å². The van der Waals surface area contributed by atoms with Crippen LogP contribution in [0.3, 0.4) is 0 Å². The molecule has 0 aromatic carbocycles. The molecule has 0 aromatic heterocycles. The second-order valence-corrected chi connectivity index (χ2v) is 17.2. The van der Waals surface area contributed by atoms with Gasteiger partial charge in [-0.2, -0.15) is 0 Å². The zero-order valence-electron chi connectivity index (χ0n) is 38.7. The van der Waals surface area contributed by atoms with Gasteiger partial charge in [0.05, 0.1) is 18.8 Å². The fourth-order valence-electron chi connectivity index (χ4n) is 7.43. The van der Waals surface area contributed by atoms with E-state index < -0.39 is 36.9 Å². The van der Waals surface area contributed by atoms with Gasteiger partial charge in [0.2, 0.25) is 5.91 Å². The molecule has 0 rings (SSSR count). The van der Waals surface area contributed by atoms with Crippen molar-refractivity contribution < 1.29 is 25.2 Å². The minimum absolute atomic E-state index is 0.350. The van der Waals surface area contributed by atoms with Crippen molar-refractivity contribution in [3.63, 3.8) is 0 Å². The van der Waals surface area contributed by atoms with Crippen molar-refractivity contribution in [1.82, 2.24) is 5.32 Å². The van der Waals surface area contributed by atoms with Crippen molar-refractivity contribution >= 4 is 5.91 Å². The van der Waals surface area contributed by atoms with Crippen LogP contribution in [0.2, 0.25) is 0 Å². The number of aliphatic hydroxyl groups is 4. The summed E-state index contributed by atoms with van der Waals surface area (Å²) in [6, 6.07) is -1.02. The number of hydrogen-bond acceptors (Lipinski definition) is 5. The second kappa shape index (κ2) is 47.1. The highest BCUT2D eigenvalue weighted by atomic mass is 16.3. The molecule has 0 fully saturated rings. The Labute approximate surface area is 365 Å².